The van der Waals surface area contributed by atoms with Crippen LogP contribution in [-0.4, -0.2) is 44.1 Å². The third-order valence-corrected chi connectivity index (χ3v) is 3.22. The first-order valence-electron chi connectivity index (χ1n) is 7.55. The molecule has 134 valence electrons. The number of amides is 1. The smallest absolute Gasteiger partial charge is 0.407 e. The van der Waals surface area contributed by atoms with Gasteiger partial charge in [-0.25, -0.2) is 14.6 Å². The molecule has 0 atom stereocenters. The highest BCUT2D eigenvalue weighted by Crippen LogP contribution is 2.21. The molecule has 8 nitrogen and oxygen atoms in total. The second-order valence-corrected chi connectivity index (χ2v) is 6.63. The van der Waals surface area contributed by atoms with Crippen LogP contribution in [0.2, 0.25) is 5.15 Å². The average Bonchev–Trinajstić information content (AvgIpc) is 2.90. The first-order chi connectivity index (χ1) is 11.7. The van der Waals surface area contributed by atoms with Crippen LogP contribution in [0.25, 0.3) is 11.3 Å². The molecular formula is C16H19ClN4O4. The van der Waals surface area contributed by atoms with Gasteiger partial charge in [-0.1, -0.05) is 11.6 Å². The fourth-order valence-corrected chi connectivity index (χ4v) is 2.21. The minimum atomic E-state index is -1.11. The van der Waals surface area contributed by atoms with Gasteiger partial charge in [-0.2, -0.15) is 5.10 Å². The highest BCUT2D eigenvalue weighted by atomic mass is 35.5. The Hall–Kier alpha value is -2.61. The molecule has 0 aliphatic heterocycles. The van der Waals surface area contributed by atoms with Crippen LogP contribution in [-0.2, 0) is 11.3 Å². The summed E-state index contributed by atoms with van der Waals surface area (Å²) < 4.78 is 6.43. The maximum atomic E-state index is 11.6. The lowest BCUT2D eigenvalue weighted by Crippen LogP contribution is -2.34. The predicted octanol–water partition coefficient (Wildman–Crippen LogP) is 2.82. The third-order valence-electron chi connectivity index (χ3n) is 3.01. The molecule has 2 aromatic rings. The molecule has 0 saturated carbocycles. The Morgan fingerprint density at radius 3 is 2.68 bits per heavy atom. The highest BCUT2D eigenvalue weighted by Gasteiger charge is 2.18. The van der Waals surface area contributed by atoms with Gasteiger partial charge in [-0.15, -0.1) is 0 Å². The molecule has 0 aromatic carbocycles. The molecule has 2 N–H and O–H groups in total. The number of carbonyl (C=O) groups is 2. The quantitative estimate of drug-likeness (QED) is 0.788. The molecule has 0 spiro atoms. The Labute approximate surface area is 149 Å². The molecule has 0 aliphatic carbocycles. The van der Waals surface area contributed by atoms with Crippen molar-refractivity contribution >= 4 is 23.7 Å². The molecule has 2 rings (SSSR count). The summed E-state index contributed by atoms with van der Waals surface area (Å²) in [7, 11) is 0. The molecular weight excluding hydrogens is 348 g/mol. The molecule has 0 aliphatic rings. The topological polar surface area (TPSA) is 106 Å². The van der Waals surface area contributed by atoms with Gasteiger partial charge in [0.15, 0.2) is 0 Å². The summed E-state index contributed by atoms with van der Waals surface area (Å²) in [5, 5.41) is 16.5. The number of alkyl carbamates (subject to hydrolysis) is 1. The van der Waals surface area contributed by atoms with Crippen molar-refractivity contribution in [2.75, 3.05) is 6.54 Å². The summed E-state index contributed by atoms with van der Waals surface area (Å²) >= 11 is 5.85. The van der Waals surface area contributed by atoms with Crippen LogP contribution in [0.5, 0.6) is 0 Å². The van der Waals surface area contributed by atoms with E-state index in [0.29, 0.717) is 11.3 Å². The molecule has 0 saturated heterocycles. The second kappa shape index (κ2) is 7.52. The molecule has 0 bridgehead atoms. The normalized spacial score (nSPS) is 11.2. The van der Waals surface area contributed by atoms with Crippen LogP contribution < -0.4 is 5.32 Å². The number of nitrogens with zero attached hydrogens (tertiary/aromatic N) is 3. The molecule has 0 fully saturated rings. The van der Waals surface area contributed by atoms with E-state index in [4.69, 9.17) is 16.3 Å². The molecule has 25 heavy (non-hydrogen) atoms. The zero-order chi connectivity index (χ0) is 18.6. The largest absolute Gasteiger partial charge is 0.477 e. The van der Waals surface area contributed by atoms with Crippen molar-refractivity contribution < 1.29 is 19.4 Å². The summed E-state index contributed by atoms with van der Waals surface area (Å²) in [6.45, 7) is 5.63. The van der Waals surface area contributed by atoms with Crippen molar-refractivity contribution in [1.82, 2.24) is 20.1 Å². The number of carboxylic acid groups (broad SMARTS) is 1. The van der Waals surface area contributed by atoms with Gasteiger partial charge < -0.3 is 15.2 Å². The number of pyridine rings is 1. The number of halogens is 1. The van der Waals surface area contributed by atoms with E-state index in [1.807, 2.05) is 0 Å². The zero-order valence-corrected chi connectivity index (χ0v) is 14.9. The van der Waals surface area contributed by atoms with Crippen molar-refractivity contribution in [2.45, 2.75) is 32.9 Å². The molecule has 2 aromatic heterocycles. The van der Waals surface area contributed by atoms with Gasteiger partial charge in [0.25, 0.3) is 0 Å². The Balaban J connectivity index is 2.10. The maximum Gasteiger partial charge on any atom is 0.407 e. The maximum absolute atomic E-state index is 11.6. The summed E-state index contributed by atoms with van der Waals surface area (Å²) in [4.78, 5) is 26.9. The zero-order valence-electron chi connectivity index (χ0n) is 14.1. The van der Waals surface area contributed by atoms with Gasteiger partial charge >= 0.3 is 12.1 Å². The number of rotatable bonds is 5. The van der Waals surface area contributed by atoms with Gasteiger partial charge in [-0.05, 0) is 39.0 Å². The lowest BCUT2D eigenvalue weighted by atomic mass is 10.2. The van der Waals surface area contributed by atoms with Crippen molar-refractivity contribution in [3.05, 3.63) is 35.2 Å². The second-order valence-electron chi connectivity index (χ2n) is 6.24. The summed E-state index contributed by atoms with van der Waals surface area (Å²) in [5.74, 6) is -1.11. The first kappa shape index (κ1) is 18.7. The van der Waals surface area contributed by atoms with Crippen LogP contribution in [0.15, 0.2) is 24.4 Å². The average molecular weight is 367 g/mol. The van der Waals surface area contributed by atoms with Crippen molar-refractivity contribution in [3.63, 3.8) is 0 Å². The molecule has 2 heterocycles. The van der Waals surface area contributed by atoms with Gasteiger partial charge in [0, 0.05) is 18.3 Å². The molecule has 0 radical (unpaired) electrons. The summed E-state index contributed by atoms with van der Waals surface area (Å²) in [6.07, 6.45) is 0.943. The Kier molecular flexibility index (Phi) is 5.63. The van der Waals surface area contributed by atoms with Crippen LogP contribution in [0.1, 0.15) is 31.3 Å². The van der Waals surface area contributed by atoms with E-state index in [9.17, 15) is 14.7 Å². The van der Waals surface area contributed by atoms with E-state index in [1.165, 1.54) is 16.9 Å². The number of hydrogen-bond acceptors (Lipinski definition) is 5. The first-order valence-corrected chi connectivity index (χ1v) is 7.93. The fraction of sp³-hybridized carbons (Fsp3) is 0.375. The number of carbonyl (C=O) groups excluding carboxylic acids is 1. The van der Waals surface area contributed by atoms with E-state index < -0.39 is 17.7 Å². The van der Waals surface area contributed by atoms with Crippen molar-refractivity contribution in [2.24, 2.45) is 0 Å². The SMILES string of the molecule is CC(C)(C)OC(=O)NCCn1nc(-c2ccnc(Cl)c2)cc1C(=O)O. The highest BCUT2D eigenvalue weighted by molar-refractivity contribution is 6.29. The monoisotopic (exact) mass is 366 g/mol. The van der Waals surface area contributed by atoms with Crippen LogP contribution in [0.4, 0.5) is 4.79 Å². The number of ether oxygens (including phenoxy) is 1. The Morgan fingerprint density at radius 1 is 1.36 bits per heavy atom. The lowest BCUT2D eigenvalue weighted by molar-refractivity contribution is 0.0525. The fourth-order valence-electron chi connectivity index (χ4n) is 2.04. The standard InChI is InChI=1S/C16H19ClN4O4/c1-16(2,3)25-15(24)19-6-7-21-12(14(22)23)9-11(20-21)10-4-5-18-13(17)8-10/h4-5,8-9H,6-7H2,1-3H3,(H,19,24)(H,22,23). The molecule has 0 unspecified atom stereocenters. The minimum Gasteiger partial charge on any atom is -0.477 e. The number of carboxylic acids is 1. The minimum absolute atomic E-state index is 0.00826. The van der Waals surface area contributed by atoms with Gasteiger partial charge in [0.2, 0.25) is 0 Å². The van der Waals surface area contributed by atoms with Crippen molar-refractivity contribution in [1.29, 1.82) is 0 Å². The lowest BCUT2D eigenvalue weighted by Gasteiger charge is -2.19. The predicted molar refractivity (Wildman–Crippen MR) is 91.7 cm³/mol. The van der Waals surface area contributed by atoms with Gasteiger partial charge in [-0.3, -0.25) is 4.68 Å². The number of aromatic nitrogens is 3. The summed E-state index contributed by atoms with van der Waals surface area (Å²) in [5.41, 5.74) is 0.518. The number of hydrogen-bond donors (Lipinski definition) is 2. The molecule has 9 heteroatoms. The number of aromatic carboxylic acids is 1. The Bertz CT molecular complexity index is 783. The van der Waals surface area contributed by atoms with Gasteiger partial charge in [0.05, 0.1) is 12.2 Å². The Morgan fingerprint density at radius 2 is 2.08 bits per heavy atom. The van der Waals surface area contributed by atoms with E-state index in [0.717, 1.165) is 0 Å². The van der Waals surface area contributed by atoms with Crippen molar-refractivity contribution in [3.8, 4) is 11.3 Å². The van der Waals surface area contributed by atoms with Crippen LogP contribution in [0, 0.1) is 0 Å². The van der Waals surface area contributed by atoms with E-state index in [2.05, 4.69) is 15.4 Å². The summed E-state index contributed by atoms with van der Waals surface area (Å²) in [6, 6.07) is 4.73. The van der Waals surface area contributed by atoms with Gasteiger partial charge in [0.1, 0.15) is 16.4 Å². The van der Waals surface area contributed by atoms with Crippen LogP contribution in [0.3, 0.4) is 0 Å². The van der Waals surface area contributed by atoms with Crippen LogP contribution >= 0.6 is 11.6 Å². The van der Waals surface area contributed by atoms with E-state index >= 15 is 0 Å². The third kappa shape index (κ3) is 5.46. The number of nitrogens with one attached hydrogen (secondary N) is 1. The van der Waals surface area contributed by atoms with E-state index in [-0.39, 0.29) is 23.9 Å². The van der Waals surface area contributed by atoms with E-state index in [1.54, 1.807) is 32.9 Å². The molecule has 1 amide bonds.